The van der Waals surface area contributed by atoms with Crippen LogP contribution in [0.4, 0.5) is 10.1 Å². The molecule has 6 nitrogen and oxygen atoms in total. The molecular weight excluding hydrogens is 385 g/mol. The number of hydrogen-bond acceptors (Lipinski definition) is 4. The molecule has 0 aliphatic carbocycles. The van der Waals surface area contributed by atoms with Gasteiger partial charge in [0.25, 0.3) is 5.91 Å². The fourth-order valence-electron chi connectivity index (χ4n) is 3.28. The van der Waals surface area contributed by atoms with Crippen molar-refractivity contribution in [2.75, 3.05) is 44.6 Å². The minimum absolute atomic E-state index is 0.00603. The molecule has 1 N–H and O–H groups in total. The summed E-state index contributed by atoms with van der Waals surface area (Å²) < 4.78 is 18.6. The van der Waals surface area contributed by atoms with Crippen LogP contribution in [0.1, 0.15) is 25.3 Å². The van der Waals surface area contributed by atoms with Crippen LogP contribution >= 0.6 is 0 Å². The van der Waals surface area contributed by atoms with Crippen molar-refractivity contribution in [3.63, 3.8) is 0 Å². The van der Waals surface area contributed by atoms with Gasteiger partial charge in [0.15, 0.2) is 6.61 Å². The Hall–Kier alpha value is -2.93. The van der Waals surface area contributed by atoms with Gasteiger partial charge in [-0.15, -0.1) is 0 Å². The molecule has 2 aromatic carbocycles. The smallest absolute Gasteiger partial charge is 0.260 e. The third-order valence-electron chi connectivity index (χ3n) is 5.13. The second kappa shape index (κ2) is 10.2. The molecule has 0 bridgehead atoms. The van der Waals surface area contributed by atoms with E-state index >= 15 is 0 Å². The predicted octanol–water partition coefficient (Wildman–Crippen LogP) is 3.11. The summed E-state index contributed by atoms with van der Waals surface area (Å²) in [7, 11) is 0. The van der Waals surface area contributed by atoms with Crippen LogP contribution in [0.25, 0.3) is 0 Å². The first kappa shape index (κ1) is 21.8. The van der Waals surface area contributed by atoms with Crippen molar-refractivity contribution in [3.8, 4) is 5.75 Å². The van der Waals surface area contributed by atoms with E-state index in [9.17, 15) is 14.0 Å². The normalized spacial score (nSPS) is 14.6. The maximum Gasteiger partial charge on any atom is 0.260 e. The fraction of sp³-hybridized carbons (Fsp3) is 0.391. The molecule has 0 spiro atoms. The van der Waals surface area contributed by atoms with E-state index in [1.165, 1.54) is 29.8 Å². The molecule has 2 amide bonds. The molecule has 0 aromatic heterocycles. The molecule has 0 saturated carbocycles. The Balaban J connectivity index is 1.38. The van der Waals surface area contributed by atoms with Crippen LogP contribution in [0.2, 0.25) is 0 Å². The van der Waals surface area contributed by atoms with Crippen molar-refractivity contribution in [2.45, 2.75) is 19.8 Å². The predicted molar refractivity (Wildman–Crippen MR) is 114 cm³/mol. The Bertz CT molecular complexity index is 845. The van der Waals surface area contributed by atoms with Gasteiger partial charge in [-0.25, -0.2) is 4.39 Å². The van der Waals surface area contributed by atoms with E-state index in [1.54, 1.807) is 4.90 Å². The number of hydrogen-bond donors (Lipinski definition) is 1. The molecule has 1 aliphatic heterocycles. The van der Waals surface area contributed by atoms with Crippen LogP contribution in [0.5, 0.6) is 5.75 Å². The first-order valence-corrected chi connectivity index (χ1v) is 10.2. The van der Waals surface area contributed by atoms with E-state index in [1.807, 2.05) is 29.2 Å². The van der Waals surface area contributed by atoms with Gasteiger partial charge in [0.1, 0.15) is 11.6 Å². The average Bonchev–Trinajstić information content (AvgIpc) is 2.74. The number of benzene rings is 2. The van der Waals surface area contributed by atoms with Crippen molar-refractivity contribution in [2.24, 2.45) is 0 Å². The van der Waals surface area contributed by atoms with E-state index < -0.39 is 0 Å². The van der Waals surface area contributed by atoms with Crippen LogP contribution in [-0.4, -0.2) is 60.9 Å². The highest BCUT2D eigenvalue weighted by molar-refractivity contribution is 5.92. The Kier molecular flexibility index (Phi) is 7.41. The maximum absolute atomic E-state index is 12.9. The van der Waals surface area contributed by atoms with Gasteiger partial charge >= 0.3 is 0 Å². The summed E-state index contributed by atoms with van der Waals surface area (Å²) in [6.07, 6.45) is 0. The van der Waals surface area contributed by atoms with Crippen molar-refractivity contribution < 1.29 is 18.7 Å². The topological polar surface area (TPSA) is 61.9 Å². The number of piperazine rings is 1. The van der Waals surface area contributed by atoms with Crippen LogP contribution in [0.3, 0.4) is 0 Å². The number of amides is 2. The Morgan fingerprint density at radius 2 is 1.63 bits per heavy atom. The molecule has 3 rings (SSSR count). The molecule has 160 valence electrons. The largest absolute Gasteiger partial charge is 0.484 e. The number of anilines is 1. The number of ether oxygens (including phenoxy) is 1. The Labute approximate surface area is 176 Å². The highest BCUT2D eigenvalue weighted by Gasteiger charge is 2.22. The second-order valence-corrected chi connectivity index (χ2v) is 7.72. The molecule has 0 atom stereocenters. The Morgan fingerprint density at radius 3 is 2.23 bits per heavy atom. The van der Waals surface area contributed by atoms with Gasteiger partial charge in [-0.1, -0.05) is 26.0 Å². The lowest BCUT2D eigenvalue weighted by atomic mass is 10.0. The zero-order valence-corrected chi connectivity index (χ0v) is 17.4. The van der Waals surface area contributed by atoms with Gasteiger partial charge in [0.05, 0.1) is 6.54 Å². The molecule has 1 heterocycles. The molecule has 0 radical (unpaired) electrons. The number of carbonyl (C=O) groups excluding carboxylic acids is 2. The number of carbonyl (C=O) groups is 2. The van der Waals surface area contributed by atoms with Gasteiger partial charge in [-0.3, -0.25) is 14.5 Å². The van der Waals surface area contributed by atoms with Gasteiger partial charge < -0.3 is 15.0 Å². The molecule has 1 aliphatic rings. The standard InChI is InChI=1S/C23H28FN3O3/c1-17(2)18-3-9-21(10-4-18)30-16-23(29)27-13-11-26(12-14-27)15-22(28)25-20-7-5-19(24)6-8-20/h3-10,17H,11-16H2,1-2H3,(H,25,28). The van der Waals surface area contributed by atoms with Gasteiger partial charge in [-0.2, -0.15) is 0 Å². The van der Waals surface area contributed by atoms with Crippen LogP contribution in [-0.2, 0) is 9.59 Å². The van der Waals surface area contributed by atoms with Crippen molar-refractivity contribution in [3.05, 3.63) is 59.9 Å². The summed E-state index contributed by atoms with van der Waals surface area (Å²) in [5.74, 6) is 0.580. The fourth-order valence-corrected chi connectivity index (χ4v) is 3.28. The van der Waals surface area contributed by atoms with E-state index in [4.69, 9.17) is 4.74 Å². The highest BCUT2D eigenvalue weighted by Crippen LogP contribution is 2.18. The lowest BCUT2D eigenvalue weighted by molar-refractivity contribution is -0.135. The van der Waals surface area contributed by atoms with Gasteiger partial charge in [0.2, 0.25) is 5.91 Å². The molecule has 0 unspecified atom stereocenters. The summed E-state index contributed by atoms with van der Waals surface area (Å²) in [6, 6.07) is 13.5. The van der Waals surface area contributed by atoms with Gasteiger partial charge in [0, 0.05) is 31.9 Å². The first-order chi connectivity index (χ1) is 14.4. The second-order valence-electron chi connectivity index (χ2n) is 7.72. The first-order valence-electron chi connectivity index (χ1n) is 10.2. The number of nitrogens with one attached hydrogen (secondary N) is 1. The van der Waals surface area contributed by atoms with Crippen molar-refractivity contribution in [1.29, 1.82) is 0 Å². The number of halogens is 1. The third-order valence-corrected chi connectivity index (χ3v) is 5.13. The summed E-state index contributed by atoms with van der Waals surface area (Å²) in [4.78, 5) is 28.3. The minimum Gasteiger partial charge on any atom is -0.484 e. The van der Waals surface area contributed by atoms with Crippen LogP contribution in [0, 0.1) is 5.82 Å². The molecule has 30 heavy (non-hydrogen) atoms. The molecule has 2 aromatic rings. The Morgan fingerprint density at radius 1 is 1.00 bits per heavy atom. The summed E-state index contributed by atoms with van der Waals surface area (Å²) in [6.45, 7) is 6.84. The lowest BCUT2D eigenvalue weighted by Gasteiger charge is -2.34. The minimum atomic E-state index is -0.342. The van der Waals surface area contributed by atoms with Gasteiger partial charge in [-0.05, 0) is 47.9 Å². The number of rotatable bonds is 7. The van der Waals surface area contributed by atoms with E-state index in [0.29, 0.717) is 43.5 Å². The quantitative estimate of drug-likeness (QED) is 0.758. The molecule has 1 fully saturated rings. The highest BCUT2D eigenvalue weighted by atomic mass is 19.1. The summed E-state index contributed by atoms with van der Waals surface area (Å²) in [5.41, 5.74) is 1.79. The average molecular weight is 413 g/mol. The molecule has 7 heteroatoms. The van der Waals surface area contributed by atoms with E-state index in [-0.39, 0.29) is 30.8 Å². The zero-order chi connectivity index (χ0) is 21.5. The third kappa shape index (κ3) is 6.29. The van der Waals surface area contributed by atoms with E-state index in [0.717, 1.165) is 0 Å². The lowest BCUT2D eigenvalue weighted by Crippen LogP contribution is -2.51. The zero-order valence-electron chi connectivity index (χ0n) is 17.4. The monoisotopic (exact) mass is 413 g/mol. The van der Waals surface area contributed by atoms with Crippen LogP contribution < -0.4 is 10.1 Å². The van der Waals surface area contributed by atoms with E-state index in [2.05, 4.69) is 19.2 Å². The SMILES string of the molecule is CC(C)c1ccc(OCC(=O)N2CCN(CC(=O)Nc3ccc(F)cc3)CC2)cc1. The summed E-state index contributed by atoms with van der Waals surface area (Å²) in [5, 5.41) is 2.75. The maximum atomic E-state index is 12.9. The summed E-state index contributed by atoms with van der Waals surface area (Å²) >= 11 is 0. The van der Waals surface area contributed by atoms with Crippen molar-refractivity contribution in [1.82, 2.24) is 9.80 Å². The molecule has 1 saturated heterocycles. The number of nitrogens with zero attached hydrogens (tertiary/aromatic N) is 2. The van der Waals surface area contributed by atoms with Crippen molar-refractivity contribution >= 4 is 17.5 Å². The molecular formula is C23H28FN3O3. The van der Waals surface area contributed by atoms with Crippen LogP contribution in [0.15, 0.2) is 48.5 Å².